The molecule has 0 atom stereocenters. The Bertz CT molecular complexity index is 576. The minimum atomic E-state index is 0. The Morgan fingerprint density at radius 1 is 1.23 bits per heavy atom. The first-order chi connectivity index (χ1) is 10.3. The van der Waals surface area contributed by atoms with Crippen LogP contribution in [0.3, 0.4) is 0 Å². The van der Waals surface area contributed by atoms with E-state index in [1.54, 1.807) is 19.5 Å². The Morgan fingerprint density at radius 3 is 2.64 bits per heavy atom. The van der Waals surface area contributed by atoms with E-state index in [4.69, 9.17) is 15.2 Å². The third-order valence-corrected chi connectivity index (χ3v) is 2.64. The molecule has 22 heavy (non-hydrogen) atoms. The third kappa shape index (κ3) is 6.17. The summed E-state index contributed by atoms with van der Waals surface area (Å²) in [6.07, 6.45) is 3.35. The topological polar surface area (TPSA) is 81.8 Å². The number of rotatable bonds is 6. The molecule has 0 aliphatic carbocycles. The van der Waals surface area contributed by atoms with Gasteiger partial charge in [0.25, 0.3) is 0 Å². The first-order valence-electron chi connectivity index (χ1n) is 6.52. The van der Waals surface area contributed by atoms with E-state index in [1.165, 1.54) is 0 Å². The molecule has 0 fully saturated rings. The zero-order valence-corrected chi connectivity index (χ0v) is 14.6. The predicted octanol–water partition coefficient (Wildman–Crippen LogP) is 2.51. The number of methoxy groups -OCH3 is 1. The van der Waals surface area contributed by atoms with E-state index in [0.717, 1.165) is 17.2 Å². The first kappa shape index (κ1) is 18.0. The molecule has 2 rings (SSSR count). The quantitative estimate of drug-likeness (QED) is 0.329. The van der Waals surface area contributed by atoms with Crippen LogP contribution in [0.15, 0.2) is 53.8 Å². The van der Waals surface area contributed by atoms with Crippen molar-refractivity contribution in [2.45, 2.75) is 0 Å². The number of aromatic nitrogens is 1. The van der Waals surface area contributed by atoms with Crippen molar-refractivity contribution in [2.24, 2.45) is 10.7 Å². The molecule has 1 aromatic heterocycles. The van der Waals surface area contributed by atoms with Gasteiger partial charge in [0.1, 0.15) is 18.1 Å². The van der Waals surface area contributed by atoms with E-state index < -0.39 is 0 Å². The Labute approximate surface area is 146 Å². The summed E-state index contributed by atoms with van der Waals surface area (Å²) >= 11 is 0. The van der Waals surface area contributed by atoms with Crippen LogP contribution in [0.25, 0.3) is 0 Å². The van der Waals surface area contributed by atoms with Crippen LogP contribution < -0.4 is 20.5 Å². The van der Waals surface area contributed by atoms with Crippen molar-refractivity contribution < 1.29 is 9.47 Å². The Hall–Kier alpha value is -2.03. The standard InChI is InChI=1S/C15H18N4O2.HI/c1-20-13-6-4-12(5-7-13)19-15(16)18-9-10-21-14-3-2-8-17-11-14;/h2-8,11H,9-10H2,1H3,(H3,16,18,19);1H. The summed E-state index contributed by atoms with van der Waals surface area (Å²) in [5.41, 5.74) is 6.65. The summed E-state index contributed by atoms with van der Waals surface area (Å²) in [4.78, 5) is 8.14. The molecule has 6 nitrogen and oxygen atoms in total. The average molecular weight is 414 g/mol. The second kappa shape index (κ2) is 9.82. The molecular formula is C15H19IN4O2. The number of guanidine groups is 1. The summed E-state index contributed by atoms with van der Waals surface area (Å²) in [5, 5.41) is 3.00. The van der Waals surface area contributed by atoms with Gasteiger partial charge in [-0.3, -0.25) is 4.98 Å². The van der Waals surface area contributed by atoms with Gasteiger partial charge in [-0.2, -0.15) is 0 Å². The Morgan fingerprint density at radius 2 is 2.00 bits per heavy atom. The van der Waals surface area contributed by atoms with Crippen LogP contribution in [-0.4, -0.2) is 31.2 Å². The number of hydrogen-bond donors (Lipinski definition) is 2. The zero-order chi connectivity index (χ0) is 14.9. The van der Waals surface area contributed by atoms with Crippen LogP contribution in [-0.2, 0) is 0 Å². The number of anilines is 1. The highest BCUT2D eigenvalue weighted by atomic mass is 127. The molecule has 118 valence electrons. The summed E-state index contributed by atoms with van der Waals surface area (Å²) in [5.74, 6) is 1.85. The van der Waals surface area contributed by atoms with Gasteiger partial charge in [0.2, 0.25) is 0 Å². The smallest absolute Gasteiger partial charge is 0.193 e. The largest absolute Gasteiger partial charge is 0.497 e. The summed E-state index contributed by atoms with van der Waals surface area (Å²) in [7, 11) is 1.63. The fraction of sp³-hybridized carbons (Fsp3) is 0.200. The number of nitrogens with zero attached hydrogens (tertiary/aromatic N) is 2. The van der Waals surface area contributed by atoms with Gasteiger partial charge in [0.15, 0.2) is 5.96 Å². The molecule has 0 unspecified atom stereocenters. The predicted molar refractivity (Wildman–Crippen MR) is 98.3 cm³/mol. The van der Waals surface area contributed by atoms with Crippen molar-refractivity contribution in [3.05, 3.63) is 48.8 Å². The van der Waals surface area contributed by atoms with Crippen molar-refractivity contribution in [1.29, 1.82) is 0 Å². The number of halogens is 1. The van der Waals surface area contributed by atoms with Crippen molar-refractivity contribution in [2.75, 3.05) is 25.6 Å². The van der Waals surface area contributed by atoms with E-state index in [-0.39, 0.29) is 24.0 Å². The highest BCUT2D eigenvalue weighted by molar-refractivity contribution is 14.0. The van der Waals surface area contributed by atoms with Gasteiger partial charge < -0.3 is 20.5 Å². The van der Waals surface area contributed by atoms with Crippen LogP contribution >= 0.6 is 24.0 Å². The monoisotopic (exact) mass is 414 g/mol. The fourth-order valence-corrected chi connectivity index (χ4v) is 1.62. The van der Waals surface area contributed by atoms with Gasteiger partial charge in [0, 0.05) is 11.9 Å². The van der Waals surface area contributed by atoms with Gasteiger partial charge >= 0.3 is 0 Å². The number of nitrogens with two attached hydrogens (primary N) is 1. The van der Waals surface area contributed by atoms with E-state index in [1.807, 2.05) is 36.4 Å². The minimum absolute atomic E-state index is 0. The number of ether oxygens (including phenoxy) is 2. The number of benzene rings is 1. The lowest BCUT2D eigenvalue weighted by Gasteiger charge is -2.07. The zero-order valence-electron chi connectivity index (χ0n) is 12.2. The SMILES string of the molecule is COc1ccc(NC(N)=NCCOc2cccnc2)cc1.I. The van der Waals surface area contributed by atoms with Gasteiger partial charge in [-0.25, -0.2) is 4.99 Å². The van der Waals surface area contributed by atoms with Crippen molar-refractivity contribution in [1.82, 2.24) is 4.98 Å². The van der Waals surface area contributed by atoms with E-state index in [2.05, 4.69) is 15.3 Å². The Kier molecular flexibility index (Phi) is 8.05. The molecule has 0 saturated heterocycles. The summed E-state index contributed by atoms with van der Waals surface area (Å²) < 4.78 is 10.6. The van der Waals surface area contributed by atoms with Crippen molar-refractivity contribution in [3.8, 4) is 11.5 Å². The molecule has 0 bridgehead atoms. The van der Waals surface area contributed by atoms with Gasteiger partial charge in [-0.05, 0) is 36.4 Å². The molecule has 0 amide bonds. The molecule has 0 spiro atoms. The molecule has 0 radical (unpaired) electrons. The molecule has 1 aromatic carbocycles. The average Bonchev–Trinajstić information content (AvgIpc) is 2.53. The second-order valence-electron chi connectivity index (χ2n) is 4.16. The van der Waals surface area contributed by atoms with E-state index in [0.29, 0.717) is 19.1 Å². The van der Waals surface area contributed by atoms with Crippen LogP contribution in [0.1, 0.15) is 0 Å². The minimum Gasteiger partial charge on any atom is -0.497 e. The van der Waals surface area contributed by atoms with Crippen LogP contribution in [0.5, 0.6) is 11.5 Å². The second-order valence-corrected chi connectivity index (χ2v) is 4.16. The number of nitrogens with one attached hydrogen (secondary N) is 1. The van der Waals surface area contributed by atoms with Crippen molar-refractivity contribution >= 4 is 35.6 Å². The molecule has 0 aliphatic rings. The van der Waals surface area contributed by atoms with Crippen LogP contribution in [0.2, 0.25) is 0 Å². The lowest BCUT2D eigenvalue weighted by Crippen LogP contribution is -2.23. The van der Waals surface area contributed by atoms with Gasteiger partial charge in [0.05, 0.1) is 19.9 Å². The van der Waals surface area contributed by atoms with Crippen LogP contribution in [0.4, 0.5) is 5.69 Å². The molecule has 7 heteroatoms. The first-order valence-corrected chi connectivity index (χ1v) is 6.52. The van der Waals surface area contributed by atoms with Gasteiger partial charge in [-0.15, -0.1) is 24.0 Å². The lowest BCUT2D eigenvalue weighted by molar-refractivity contribution is 0.327. The molecule has 2 aromatic rings. The maximum absolute atomic E-state index is 5.80. The molecule has 1 heterocycles. The fourth-order valence-electron chi connectivity index (χ4n) is 1.62. The maximum atomic E-state index is 5.80. The maximum Gasteiger partial charge on any atom is 0.193 e. The van der Waals surface area contributed by atoms with Crippen LogP contribution in [0, 0.1) is 0 Å². The normalized spacial score (nSPS) is 10.5. The molecule has 0 aliphatic heterocycles. The van der Waals surface area contributed by atoms with E-state index in [9.17, 15) is 0 Å². The van der Waals surface area contributed by atoms with Crippen molar-refractivity contribution in [3.63, 3.8) is 0 Å². The van der Waals surface area contributed by atoms with Gasteiger partial charge in [-0.1, -0.05) is 0 Å². The number of aliphatic imine (C=N–C) groups is 1. The number of pyridine rings is 1. The number of hydrogen-bond acceptors (Lipinski definition) is 4. The summed E-state index contributed by atoms with van der Waals surface area (Å²) in [6, 6.07) is 11.1. The highest BCUT2D eigenvalue weighted by Gasteiger charge is 1.96. The molecular weight excluding hydrogens is 395 g/mol. The molecule has 3 N–H and O–H groups in total. The lowest BCUT2D eigenvalue weighted by atomic mass is 10.3. The Balaban J connectivity index is 0.00000242. The molecule has 0 saturated carbocycles. The summed E-state index contributed by atoms with van der Waals surface area (Å²) in [6.45, 7) is 0.903. The highest BCUT2D eigenvalue weighted by Crippen LogP contribution is 2.14. The van der Waals surface area contributed by atoms with E-state index >= 15 is 0 Å². The third-order valence-electron chi connectivity index (χ3n) is 2.64.